The standard InChI is InChI=1S/C4H8O3P/c1-4(2)3-6-8(5)7-4/h3H2,1-2H3/q+1. The van der Waals surface area contributed by atoms with Gasteiger partial charge in [-0.15, -0.1) is 9.05 Å². The van der Waals surface area contributed by atoms with Crippen LogP contribution in [-0.2, 0) is 13.6 Å². The molecule has 1 unspecified atom stereocenters. The highest BCUT2D eigenvalue weighted by molar-refractivity contribution is 7.33. The Morgan fingerprint density at radius 3 is 2.38 bits per heavy atom. The average Bonchev–Trinajstić information content (AvgIpc) is 1.82. The summed E-state index contributed by atoms with van der Waals surface area (Å²) in [5.41, 5.74) is -0.340. The largest absolute Gasteiger partial charge is 0.698 e. The zero-order valence-electron chi connectivity index (χ0n) is 4.88. The van der Waals surface area contributed by atoms with Gasteiger partial charge in [0.25, 0.3) is 0 Å². The Balaban J connectivity index is 2.56. The fraction of sp³-hybridized carbons (Fsp3) is 1.00. The van der Waals surface area contributed by atoms with Gasteiger partial charge in [0, 0.05) is 4.57 Å². The highest BCUT2D eigenvalue weighted by Crippen LogP contribution is 2.39. The van der Waals surface area contributed by atoms with Gasteiger partial charge in [0.2, 0.25) is 0 Å². The molecule has 0 amide bonds. The topological polar surface area (TPSA) is 35.5 Å². The third-order valence-electron chi connectivity index (χ3n) is 0.839. The molecule has 3 nitrogen and oxygen atoms in total. The van der Waals surface area contributed by atoms with Crippen molar-refractivity contribution in [2.24, 2.45) is 0 Å². The van der Waals surface area contributed by atoms with Gasteiger partial charge in [-0.3, -0.25) is 0 Å². The van der Waals surface area contributed by atoms with Gasteiger partial charge in [0.1, 0.15) is 12.2 Å². The monoisotopic (exact) mass is 135 g/mol. The van der Waals surface area contributed by atoms with E-state index >= 15 is 0 Å². The molecule has 1 fully saturated rings. The van der Waals surface area contributed by atoms with E-state index in [1.54, 1.807) is 0 Å². The Kier molecular flexibility index (Phi) is 1.35. The summed E-state index contributed by atoms with van der Waals surface area (Å²) in [6, 6.07) is 0. The molecule has 1 saturated heterocycles. The number of hydrogen-bond acceptors (Lipinski definition) is 3. The molecule has 1 rings (SSSR count). The zero-order valence-corrected chi connectivity index (χ0v) is 5.77. The van der Waals surface area contributed by atoms with E-state index < -0.39 is 8.25 Å². The maximum absolute atomic E-state index is 10.4. The summed E-state index contributed by atoms with van der Waals surface area (Å²) in [6.45, 7) is 4.11. The van der Waals surface area contributed by atoms with Crippen molar-refractivity contribution >= 4 is 8.25 Å². The third-order valence-corrected chi connectivity index (χ3v) is 1.82. The van der Waals surface area contributed by atoms with Crippen LogP contribution in [0.15, 0.2) is 0 Å². The predicted molar refractivity (Wildman–Crippen MR) is 28.7 cm³/mol. The molecule has 0 aromatic heterocycles. The Hall–Kier alpha value is 0.0200. The quantitative estimate of drug-likeness (QED) is 0.472. The first kappa shape index (κ1) is 6.14. The lowest BCUT2D eigenvalue weighted by molar-refractivity contribution is 0.140. The lowest BCUT2D eigenvalue weighted by Crippen LogP contribution is -2.20. The molecule has 1 aliphatic heterocycles. The predicted octanol–water partition coefficient (Wildman–Crippen LogP) is 1.47. The van der Waals surface area contributed by atoms with Crippen LogP contribution in [0.2, 0.25) is 0 Å². The molecule has 1 heterocycles. The smallest absolute Gasteiger partial charge is 0.116 e. The molecule has 1 aliphatic rings. The van der Waals surface area contributed by atoms with Crippen molar-refractivity contribution in [3.05, 3.63) is 0 Å². The van der Waals surface area contributed by atoms with Crippen molar-refractivity contribution < 1.29 is 13.6 Å². The summed E-state index contributed by atoms with van der Waals surface area (Å²) in [5, 5.41) is 0. The van der Waals surface area contributed by atoms with Gasteiger partial charge in [-0.1, -0.05) is 0 Å². The van der Waals surface area contributed by atoms with E-state index in [4.69, 9.17) is 4.52 Å². The minimum Gasteiger partial charge on any atom is -0.116 e. The molecule has 0 saturated carbocycles. The van der Waals surface area contributed by atoms with Crippen LogP contribution in [0, 0.1) is 0 Å². The maximum atomic E-state index is 10.4. The summed E-state index contributed by atoms with van der Waals surface area (Å²) in [4.78, 5) is 0. The van der Waals surface area contributed by atoms with Crippen LogP contribution in [0.3, 0.4) is 0 Å². The van der Waals surface area contributed by atoms with E-state index in [0.29, 0.717) is 6.61 Å². The normalized spacial score (nSPS) is 31.0. The van der Waals surface area contributed by atoms with Crippen LogP contribution in [0.25, 0.3) is 0 Å². The Labute approximate surface area is 48.9 Å². The van der Waals surface area contributed by atoms with Crippen molar-refractivity contribution in [1.29, 1.82) is 0 Å². The Morgan fingerprint density at radius 2 is 2.25 bits per heavy atom. The number of hydrogen-bond donors (Lipinski definition) is 0. The van der Waals surface area contributed by atoms with Crippen molar-refractivity contribution in [2.45, 2.75) is 19.4 Å². The second-order valence-electron chi connectivity index (χ2n) is 2.35. The molecule has 1 atom stereocenters. The summed E-state index contributed by atoms with van der Waals surface area (Å²) < 4.78 is 19.9. The van der Waals surface area contributed by atoms with Crippen LogP contribution in [0.4, 0.5) is 0 Å². The molecule has 0 aromatic carbocycles. The van der Waals surface area contributed by atoms with Gasteiger partial charge in [-0.2, -0.15) is 0 Å². The van der Waals surface area contributed by atoms with E-state index in [0.717, 1.165) is 0 Å². The maximum Gasteiger partial charge on any atom is 0.698 e. The van der Waals surface area contributed by atoms with E-state index in [1.807, 2.05) is 13.8 Å². The van der Waals surface area contributed by atoms with Gasteiger partial charge in [-0.25, -0.2) is 0 Å². The summed E-state index contributed by atoms with van der Waals surface area (Å²) >= 11 is 0. The van der Waals surface area contributed by atoms with E-state index in [2.05, 4.69) is 4.52 Å². The average molecular weight is 135 g/mol. The van der Waals surface area contributed by atoms with Gasteiger partial charge in [0.05, 0.1) is 0 Å². The fourth-order valence-corrected chi connectivity index (χ4v) is 1.39. The first-order chi connectivity index (χ1) is 3.60. The first-order valence-electron chi connectivity index (χ1n) is 2.39. The molecular formula is C4H8O3P+. The second-order valence-corrected chi connectivity index (χ2v) is 3.24. The van der Waals surface area contributed by atoms with Crippen LogP contribution >= 0.6 is 8.25 Å². The third kappa shape index (κ3) is 1.25. The summed E-state index contributed by atoms with van der Waals surface area (Å²) in [7, 11) is -1.80. The Morgan fingerprint density at radius 1 is 1.62 bits per heavy atom. The second kappa shape index (κ2) is 1.76. The minimum atomic E-state index is -1.80. The molecule has 8 heavy (non-hydrogen) atoms. The molecule has 0 bridgehead atoms. The number of rotatable bonds is 0. The molecule has 0 radical (unpaired) electrons. The highest BCUT2D eigenvalue weighted by atomic mass is 31.1. The molecule has 46 valence electrons. The van der Waals surface area contributed by atoms with Crippen molar-refractivity contribution in [2.75, 3.05) is 6.61 Å². The van der Waals surface area contributed by atoms with E-state index in [1.165, 1.54) is 0 Å². The zero-order chi connectivity index (χ0) is 6.20. The van der Waals surface area contributed by atoms with E-state index in [9.17, 15) is 4.57 Å². The molecule has 4 heteroatoms. The van der Waals surface area contributed by atoms with Gasteiger partial charge in [-0.05, 0) is 13.8 Å². The molecule has 0 N–H and O–H groups in total. The SMILES string of the molecule is CC1(C)CO[P+](=O)O1. The minimum absolute atomic E-state index is 0.340. The van der Waals surface area contributed by atoms with Crippen molar-refractivity contribution in [3.63, 3.8) is 0 Å². The fourth-order valence-electron chi connectivity index (χ4n) is 0.463. The van der Waals surface area contributed by atoms with Gasteiger partial charge in [0.15, 0.2) is 0 Å². The summed E-state index contributed by atoms with van der Waals surface area (Å²) in [5.74, 6) is 0. The highest BCUT2D eigenvalue weighted by Gasteiger charge is 2.43. The summed E-state index contributed by atoms with van der Waals surface area (Å²) in [6.07, 6.45) is 0. The lowest BCUT2D eigenvalue weighted by Gasteiger charge is -2.02. The first-order valence-corrected chi connectivity index (χ1v) is 3.49. The molecule has 0 spiro atoms. The van der Waals surface area contributed by atoms with Crippen LogP contribution in [0.1, 0.15) is 13.8 Å². The molecule has 0 aliphatic carbocycles. The molecular weight excluding hydrogens is 127 g/mol. The van der Waals surface area contributed by atoms with Gasteiger partial charge < -0.3 is 0 Å². The van der Waals surface area contributed by atoms with Gasteiger partial charge >= 0.3 is 8.25 Å². The van der Waals surface area contributed by atoms with Crippen LogP contribution < -0.4 is 0 Å². The van der Waals surface area contributed by atoms with Crippen molar-refractivity contribution in [1.82, 2.24) is 0 Å². The Bertz CT molecular complexity index is 120. The lowest BCUT2D eigenvalue weighted by atomic mass is 10.2. The van der Waals surface area contributed by atoms with E-state index in [-0.39, 0.29) is 5.60 Å². The van der Waals surface area contributed by atoms with Crippen molar-refractivity contribution in [3.8, 4) is 0 Å². The molecule has 0 aromatic rings. The van der Waals surface area contributed by atoms with Crippen LogP contribution in [-0.4, -0.2) is 12.2 Å². The van der Waals surface area contributed by atoms with Crippen LogP contribution in [0.5, 0.6) is 0 Å².